The molecule has 1 saturated carbocycles. The van der Waals surface area contributed by atoms with E-state index < -0.39 is 5.79 Å². The lowest BCUT2D eigenvalue weighted by Crippen LogP contribution is -2.42. The van der Waals surface area contributed by atoms with E-state index in [1.54, 1.807) is 0 Å². The molecule has 2 rings (SSSR count). The minimum absolute atomic E-state index is 0.233. The van der Waals surface area contributed by atoms with Gasteiger partial charge >= 0.3 is 0 Å². The van der Waals surface area contributed by atoms with E-state index in [-0.39, 0.29) is 5.38 Å². The number of alkyl halides is 1. The maximum atomic E-state index is 6.29. The fourth-order valence-electron chi connectivity index (χ4n) is 2.42. The van der Waals surface area contributed by atoms with E-state index in [9.17, 15) is 0 Å². The zero-order valence-corrected chi connectivity index (χ0v) is 8.85. The number of rotatable bonds is 1. The second kappa shape index (κ2) is 3.76. The van der Waals surface area contributed by atoms with Crippen LogP contribution in [0.2, 0.25) is 0 Å². The lowest BCUT2D eigenvalue weighted by molar-refractivity contribution is -0.186. The summed E-state index contributed by atoms with van der Waals surface area (Å²) in [6.45, 7) is 3.47. The molecule has 2 nitrogen and oxygen atoms in total. The van der Waals surface area contributed by atoms with Crippen LogP contribution in [0, 0.1) is 5.92 Å². The molecule has 2 atom stereocenters. The Balaban J connectivity index is 2.04. The van der Waals surface area contributed by atoms with Crippen LogP contribution in [0.4, 0.5) is 0 Å². The molecule has 2 fully saturated rings. The molecule has 0 amide bonds. The molecule has 0 aromatic carbocycles. The van der Waals surface area contributed by atoms with Crippen LogP contribution >= 0.6 is 11.6 Å². The Morgan fingerprint density at radius 1 is 1.15 bits per heavy atom. The fourth-order valence-corrected chi connectivity index (χ4v) is 2.93. The fraction of sp³-hybridized carbons (Fsp3) is 1.00. The summed E-state index contributed by atoms with van der Waals surface area (Å²) in [7, 11) is 0. The number of hydrogen-bond donors (Lipinski definition) is 0. The number of halogens is 1. The first-order chi connectivity index (χ1) is 6.22. The van der Waals surface area contributed by atoms with Crippen LogP contribution in [0.25, 0.3) is 0 Å². The Morgan fingerprint density at radius 3 is 2.38 bits per heavy atom. The largest absolute Gasteiger partial charge is 0.347 e. The van der Waals surface area contributed by atoms with Gasteiger partial charge in [0.15, 0.2) is 5.79 Å². The second-order valence-corrected chi connectivity index (χ2v) is 4.68. The SMILES string of the molecule is CC1(C2CCCCC2Cl)OCCO1. The molecule has 0 aromatic rings. The van der Waals surface area contributed by atoms with E-state index in [0.29, 0.717) is 5.92 Å². The second-order valence-electron chi connectivity index (χ2n) is 4.12. The van der Waals surface area contributed by atoms with Gasteiger partial charge < -0.3 is 9.47 Å². The van der Waals surface area contributed by atoms with Crippen molar-refractivity contribution in [1.29, 1.82) is 0 Å². The van der Waals surface area contributed by atoms with Crippen LogP contribution < -0.4 is 0 Å². The van der Waals surface area contributed by atoms with Gasteiger partial charge in [-0.05, 0) is 19.8 Å². The molecular weight excluding hydrogens is 188 g/mol. The van der Waals surface area contributed by atoms with E-state index in [1.807, 2.05) is 6.92 Å². The Labute approximate surface area is 84.5 Å². The maximum Gasteiger partial charge on any atom is 0.169 e. The van der Waals surface area contributed by atoms with E-state index in [1.165, 1.54) is 12.8 Å². The molecular formula is C10H17ClO2. The first kappa shape index (κ1) is 9.75. The molecule has 0 N–H and O–H groups in total. The van der Waals surface area contributed by atoms with Crippen LogP contribution in [-0.2, 0) is 9.47 Å². The van der Waals surface area contributed by atoms with Gasteiger partial charge in [-0.3, -0.25) is 0 Å². The molecule has 0 aromatic heterocycles. The molecule has 2 aliphatic rings. The van der Waals surface area contributed by atoms with Gasteiger partial charge in [-0.1, -0.05) is 12.8 Å². The Bertz CT molecular complexity index is 178. The third-order valence-corrected chi connectivity index (χ3v) is 3.74. The van der Waals surface area contributed by atoms with Crippen molar-refractivity contribution in [3.63, 3.8) is 0 Å². The van der Waals surface area contributed by atoms with Crippen LogP contribution in [0.1, 0.15) is 32.6 Å². The predicted octanol–water partition coefficient (Wildman–Crippen LogP) is 2.55. The number of ether oxygens (including phenoxy) is 2. The minimum Gasteiger partial charge on any atom is -0.347 e. The first-order valence-electron chi connectivity index (χ1n) is 5.14. The van der Waals surface area contributed by atoms with Gasteiger partial charge in [0.1, 0.15) is 0 Å². The van der Waals surface area contributed by atoms with Crippen molar-refractivity contribution >= 4 is 11.6 Å². The van der Waals surface area contributed by atoms with Gasteiger partial charge in [0.2, 0.25) is 0 Å². The van der Waals surface area contributed by atoms with Crippen LogP contribution in [0.3, 0.4) is 0 Å². The van der Waals surface area contributed by atoms with Crippen LogP contribution in [0.15, 0.2) is 0 Å². The first-order valence-corrected chi connectivity index (χ1v) is 5.58. The summed E-state index contributed by atoms with van der Waals surface area (Å²) < 4.78 is 11.3. The molecule has 0 radical (unpaired) electrons. The third-order valence-electron chi connectivity index (χ3n) is 3.22. The Kier molecular flexibility index (Phi) is 2.82. The minimum atomic E-state index is -0.396. The lowest BCUT2D eigenvalue weighted by Gasteiger charge is -2.37. The van der Waals surface area contributed by atoms with Gasteiger partial charge in [-0.15, -0.1) is 11.6 Å². The van der Waals surface area contributed by atoms with Gasteiger partial charge in [0, 0.05) is 11.3 Å². The monoisotopic (exact) mass is 204 g/mol. The van der Waals surface area contributed by atoms with Gasteiger partial charge in [-0.25, -0.2) is 0 Å². The third kappa shape index (κ3) is 1.85. The van der Waals surface area contributed by atoms with Crippen molar-refractivity contribution < 1.29 is 9.47 Å². The molecule has 13 heavy (non-hydrogen) atoms. The molecule has 1 aliphatic carbocycles. The summed E-state index contributed by atoms with van der Waals surface area (Å²) >= 11 is 6.29. The van der Waals surface area contributed by atoms with Crippen molar-refractivity contribution in [3.8, 4) is 0 Å². The zero-order valence-electron chi connectivity index (χ0n) is 8.09. The topological polar surface area (TPSA) is 18.5 Å². The molecule has 0 bridgehead atoms. The van der Waals surface area contributed by atoms with Crippen LogP contribution in [-0.4, -0.2) is 24.4 Å². The highest BCUT2D eigenvalue weighted by atomic mass is 35.5. The molecule has 3 heteroatoms. The highest BCUT2D eigenvalue weighted by molar-refractivity contribution is 6.20. The molecule has 1 saturated heterocycles. The van der Waals surface area contributed by atoms with E-state index in [2.05, 4.69) is 0 Å². The van der Waals surface area contributed by atoms with Gasteiger partial charge in [0.05, 0.1) is 13.2 Å². The molecule has 76 valence electrons. The van der Waals surface area contributed by atoms with Crippen molar-refractivity contribution in [1.82, 2.24) is 0 Å². The summed E-state index contributed by atoms with van der Waals surface area (Å²) in [5.74, 6) is -0.0160. The normalized spacial score (nSPS) is 39.2. The maximum absolute atomic E-state index is 6.29. The van der Waals surface area contributed by atoms with Crippen molar-refractivity contribution in [2.24, 2.45) is 5.92 Å². The summed E-state index contributed by atoms with van der Waals surface area (Å²) in [6, 6.07) is 0. The lowest BCUT2D eigenvalue weighted by atomic mass is 9.83. The average Bonchev–Trinajstić information content (AvgIpc) is 2.54. The predicted molar refractivity (Wildman–Crippen MR) is 51.9 cm³/mol. The standard InChI is InChI=1S/C10H17ClO2/c1-10(12-6-7-13-10)8-4-2-3-5-9(8)11/h8-9H,2-7H2,1H3. The van der Waals surface area contributed by atoms with Gasteiger partial charge in [0.25, 0.3) is 0 Å². The van der Waals surface area contributed by atoms with Crippen molar-refractivity contribution in [2.75, 3.05) is 13.2 Å². The van der Waals surface area contributed by atoms with Crippen LogP contribution in [0.5, 0.6) is 0 Å². The Morgan fingerprint density at radius 2 is 1.77 bits per heavy atom. The summed E-state index contributed by atoms with van der Waals surface area (Å²) in [5, 5.41) is 0.233. The Hall–Kier alpha value is 0.210. The average molecular weight is 205 g/mol. The van der Waals surface area contributed by atoms with E-state index in [0.717, 1.165) is 26.1 Å². The highest BCUT2D eigenvalue weighted by Gasteiger charge is 2.44. The smallest absolute Gasteiger partial charge is 0.169 e. The quantitative estimate of drug-likeness (QED) is 0.612. The van der Waals surface area contributed by atoms with E-state index in [4.69, 9.17) is 21.1 Å². The molecule has 2 unspecified atom stereocenters. The van der Waals surface area contributed by atoms with Crippen molar-refractivity contribution in [2.45, 2.75) is 43.8 Å². The van der Waals surface area contributed by atoms with Crippen molar-refractivity contribution in [3.05, 3.63) is 0 Å². The molecule has 1 aliphatic heterocycles. The zero-order chi connectivity index (χ0) is 9.31. The molecule has 0 spiro atoms. The summed E-state index contributed by atoms with van der Waals surface area (Å²) in [6.07, 6.45) is 4.76. The molecule has 1 heterocycles. The summed E-state index contributed by atoms with van der Waals surface area (Å²) in [4.78, 5) is 0. The van der Waals surface area contributed by atoms with E-state index >= 15 is 0 Å². The summed E-state index contributed by atoms with van der Waals surface area (Å²) in [5.41, 5.74) is 0. The van der Waals surface area contributed by atoms with Gasteiger partial charge in [-0.2, -0.15) is 0 Å². The highest BCUT2D eigenvalue weighted by Crippen LogP contribution is 2.40. The number of hydrogen-bond acceptors (Lipinski definition) is 2.